The Balaban J connectivity index is 1.28. The molecule has 0 saturated carbocycles. The lowest BCUT2D eigenvalue weighted by atomic mass is 10.2. The lowest BCUT2D eigenvalue weighted by molar-refractivity contribution is 0.151. The number of carbonyl (C=O) groups excluding carboxylic acids is 1. The van der Waals surface area contributed by atoms with Gasteiger partial charge in [-0.2, -0.15) is 0 Å². The third kappa shape index (κ3) is 6.52. The largest absolute Gasteiger partial charge is 0.493 e. The van der Waals surface area contributed by atoms with Gasteiger partial charge in [0.15, 0.2) is 23.0 Å². The van der Waals surface area contributed by atoms with E-state index in [1.54, 1.807) is 63.9 Å². The van der Waals surface area contributed by atoms with E-state index >= 15 is 0 Å². The Kier molecular flexibility index (Phi) is 8.49. The van der Waals surface area contributed by atoms with Crippen molar-refractivity contribution in [2.45, 2.75) is 6.42 Å². The maximum Gasteiger partial charge on any atom is 0.411 e. The van der Waals surface area contributed by atoms with Gasteiger partial charge in [0.05, 0.1) is 40.1 Å². The number of anilines is 1. The van der Waals surface area contributed by atoms with E-state index < -0.39 is 6.09 Å². The number of nitrogens with zero attached hydrogens (tertiary/aromatic N) is 1. The third-order valence-electron chi connectivity index (χ3n) is 5.38. The van der Waals surface area contributed by atoms with Crippen molar-refractivity contribution in [3.8, 4) is 34.5 Å². The lowest BCUT2D eigenvalue weighted by Crippen LogP contribution is -2.15. The van der Waals surface area contributed by atoms with Crippen LogP contribution in [0, 0.1) is 0 Å². The van der Waals surface area contributed by atoms with Crippen LogP contribution in [0.15, 0.2) is 72.9 Å². The van der Waals surface area contributed by atoms with Crippen molar-refractivity contribution in [1.82, 2.24) is 4.98 Å². The average Bonchev–Trinajstić information content (AvgIpc) is 2.93. The van der Waals surface area contributed by atoms with E-state index in [4.69, 9.17) is 28.4 Å². The molecule has 37 heavy (non-hydrogen) atoms. The minimum atomic E-state index is -0.549. The summed E-state index contributed by atoms with van der Waals surface area (Å²) in [5, 5.41) is 3.48. The molecule has 9 heteroatoms. The zero-order chi connectivity index (χ0) is 26.0. The number of fused-ring (bicyclic) bond motifs is 1. The highest BCUT2D eigenvalue weighted by molar-refractivity contribution is 5.88. The molecule has 0 spiro atoms. The molecule has 1 heterocycles. The van der Waals surface area contributed by atoms with Gasteiger partial charge in [-0.25, -0.2) is 4.79 Å². The molecule has 0 aliphatic rings. The zero-order valence-electron chi connectivity index (χ0n) is 20.9. The number of nitrogens with one attached hydrogen (secondary N) is 1. The normalized spacial score (nSPS) is 10.5. The van der Waals surface area contributed by atoms with Crippen molar-refractivity contribution in [3.63, 3.8) is 0 Å². The van der Waals surface area contributed by atoms with Gasteiger partial charge in [-0.3, -0.25) is 10.3 Å². The van der Waals surface area contributed by atoms with E-state index in [9.17, 15) is 4.79 Å². The monoisotopic (exact) mass is 504 g/mol. The van der Waals surface area contributed by atoms with Crippen LogP contribution in [0.3, 0.4) is 0 Å². The Morgan fingerprint density at radius 3 is 2.22 bits per heavy atom. The topological polar surface area (TPSA) is 97.4 Å². The molecule has 0 saturated heterocycles. The highest BCUT2D eigenvalue weighted by atomic mass is 16.6. The Labute approximate surface area is 214 Å². The van der Waals surface area contributed by atoms with Gasteiger partial charge in [-0.05, 0) is 48.5 Å². The molecular formula is C28H28N2O7. The Bertz CT molecular complexity index is 1340. The number of benzene rings is 3. The SMILES string of the molecule is COc1cc2nccc(Oc3ccc(NC(=O)OCCCOc4ccccc4OC)cc3)c2cc1OC. The summed E-state index contributed by atoms with van der Waals surface area (Å²) >= 11 is 0. The molecule has 0 atom stereocenters. The fourth-order valence-electron chi connectivity index (χ4n) is 3.57. The van der Waals surface area contributed by atoms with Crippen LogP contribution >= 0.6 is 0 Å². The van der Waals surface area contributed by atoms with Crippen LogP contribution in [0.5, 0.6) is 34.5 Å². The quantitative estimate of drug-likeness (QED) is 0.246. The van der Waals surface area contributed by atoms with Gasteiger partial charge in [-0.1, -0.05) is 12.1 Å². The Morgan fingerprint density at radius 2 is 1.49 bits per heavy atom. The Hall–Kier alpha value is -4.66. The number of aromatic nitrogens is 1. The van der Waals surface area contributed by atoms with Crippen molar-refractivity contribution < 1.29 is 33.2 Å². The van der Waals surface area contributed by atoms with E-state index in [0.717, 1.165) is 5.39 Å². The average molecular weight is 505 g/mol. The smallest absolute Gasteiger partial charge is 0.411 e. The maximum absolute atomic E-state index is 12.1. The van der Waals surface area contributed by atoms with Gasteiger partial charge in [0, 0.05) is 29.8 Å². The molecule has 9 nitrogen and oxygen atoms in total. The van der Waals surface area contributed by atoms with Crippen molar-refractivity contribution >= 4 is 22.7 Å². The number of amides is 1. The molecule has 1 aromatic heterocycles. The first-order valence-corrected chi connectivity index (χ1v) is 11.6. The van der Waals surface area contributed by atoms with Crippen molar-refractivity contribution in [2.75, 3.05) is 39.9 Å². The zero-order valence-corrected chi connectivity index (χ0v) is 20.9. The van der Waals surface area contributed by atoms with Crippen LogP contribution in [-0.4, -0.2) is 45.6 Å². The van der Waals surface area contributed by atoms with Crippen LogP contribution in [-0.2, 0) is 4.74 Å². The summed E-state index contributed by atoms with van der Waals surface area (Å²) < 4.78 is 33.0. The summed E-state index contributed by atoms with van der Waals surface area (Å²) in [7, 11) is 4.74. The van der Waals surface area contributed by atoms with E-state index in [2.05, 4.69) is 10.3 Å². The summed E-state index contributed by atoms with van der Waals surface area (Å²) in [5.74, 6) is 3.68. The van der Waals surface area contributed by atoms with Crippen molar-refractivity contribution in [2.24, 2.45) is 0 Å². The molecule has 0 aliphatic carbocycles. The number of rotatable bonds is 11. The second-order valence-corrected chi connectivity index (χ2v) is 7.77. The summed E-state index contributed by atoms with van der Waals surface area (Å²) in [4.78, 5) is 16.5. The standard InChI is InChI=1S/C28H28N2O7/c1-32-24-7-4-5-8-25(24)35-15-6-16-36-28(31)30-19-9-11-20(12-10-19)37-23-13-14-29-22-18-27(34-3)26(33-2)17-21(22)23/h4-5,7-14,17-18H,6,15-16H2,1-3H3,(H,30,31). The first-order chi connectivity index (χ1) is 18.1. The maximum atomic E-state index is 12.1. The van der Waals surface area contributed by atoms with Crippen LogP contribution in [0.1, 0.15) is 6.42 Å². The van der Waals surface area contributed by atoms with Gasteiger partial charge in [0.2, 0.25) is 0 Å². The highest BCUT2D eigenvalue weighted by Gasteiger charge is 2.12. The molecular weight excluding hydrogens is 476 g/mol. The minimum absolute atomic E-state index is 0.214. The minimum Gasteiger partial charge on any atom is -0.493 e. The molecule has 0 unspecified atom stereocenters. The number of carbonyl (C=O) groups is 1. The predicted molar refractivity (Wildman–Crippen MR) is 139 cm³/mol. The first kappa shape index (κ1) is 25.4. The van der Waals surface area contributed by atoms with Gasteiger partial charge < -0.3 is 28.4 Å². The summed E-state index contributed by atoms with van der Waals surface area (Å²) in [6.45, 7) is 0.605. The first-order valence-electron chi connectivity index (χ1n) is 11.6. The van der Waals surface area contributed by atoms with Gasteiger partial charge in [-0.15, -0.1) is 0 Å². The van der Waals surface area contributed by atoms with Crippen molar-refractivity contribution in [1.29, 1.82) is 0 Å². The molecule has 1 amide bonds. The van der Waals surface area contributed by atoms with Crippen LogP contribution in [0.4, 0.5) is 10.5 Å². The second-order valence-electron chi connectivity index (χ2n) is 7.77. The van der Waals surface area contributed by atoms with Gasteiger partial charge in [0.1, 0.15) is 11.5 Å². The summed E-state index contributed by atoms with van der Waals surface area (Å²) in [6, 6.07) is 19.7. The number of pyridine rings is 1. The molecule has 0 fully saturated rings. The molecule has 0 radical (unpaired) electrons. The molecule has 3 aromatic carbocycles. The summed E-state index contributed by atoms with van der Waals surface area (Å²) in [5.41, 5.74) is 1.29. The molecule has 0 bridgehead atoms. The molecule has 0 aliphatic heterocycles. The molecule has 1 N–H and O–H groups in total. The van der Waals surface area contributed by atoms with E-state index in [-0.39, 0.29) is 6.61 Å². The number of methoxy groups -OCH3 is 3. The number of hydrogen-bond acceptors (Lipinski definition) is 8. The predicted octanol–water partition coefficient (Wildman–Crippen LogP) is 6.07. The van der Waals surface area contributed by atoms with E-state index in [1.807, 2.05) is 30.3 Å². The second kappa shape index (κ2) is 12.3. The molecule has 4 rings (SSSR count). The van der Waals surface area contributed by atoms with Crippen LogP contribution in [0.25, 0.3) is 10.9 Å². The van der Waals surface area contributed by atoms with E-state index in [1.165, 1.54) is 0 Å². The highest BCUT2D eigenvalue weighted by Crippen LogP contribution is 2.37. The van der Waals surface area contributed by atoms with Gasteiger partial charge >= 0.3 is 6.09 Å². The van der Waals surface area contributed by atoms with Crippen molar-refractivity contribution in [3.05, 3.63) is 72.9 Å². The fraction of sp³-hybridized carbons (Fsp3) is 0.214. The van der Waals surface area contributed by atoms with Gasteiger partial charge in [0.25, 0.3) is 0 Å². The summed E-state index contributed by atoms with van der Waals surface area (Å²) in [6.07, 6.45) is 1.65. The fourth-order valence-corrected chi connectivity index (χ4v) is 3.57. The lowest BCUT2D eigenvalue weighted by Gasteiger charge is -2.13. The van der Waals surface area contributed by atoms with Crippen LogP contribution in [0.2, 0.25) is 0 Å². The number of ether oxygens (including phenoxy) is 6. The number of hydrogen-bond donors (Lipinski definition) is 1. The van der Waals surface area contributed by atoms with E-state index in [0.29, 0.717) is 58.7 Å². The molecule has 192 valence electrons. The third-order valence-corrected chi connectivity index (χ3v) is 5.38. The Morgan fingerprint density at radius 1 is 0.784 bits per heavy atom. The molecule has 4 aromatic rings. The van der Waals surface area contributed by atoms with Crippen LogP contribution < -0.4 is 29.0 Å². The number of para-hydroxylation sites is 2.